The molecular weight excluding hydrogens is 223 g/mol. The summed E-state index contributed by atoms with van der Waals surface area (Å²) in [5.41, 5.74) is 2.38. The van der Waals surface area contributed by atoms with Crippen LogP contribution in [-0.4, -0.2) is 24.0 Å². The first-order valence-corrected chi connectivity index (χ1v) is 5.85. The van der Waals surface area contributed by atoms with Gasteiger partial charge in [0.1, 0.15) is 6.07 Å². The SMILES string of the molecule is N#Cc1cccnc1BC(CO)c1ccccc1. The van der Waals surface area contributed by atoms with Gasteiger partial charge in [0.25, 0.3) is 0 Å². The quantitative estimate of drug-likeness (QED) is 0.797. The Morgan fingerprint density at radius 3 is 2.67 bits per heavy atom. The van der Waals surface area contributed by atoms with Crippen molar-refractivity contribution in [2.45, 2.75) is 5.82 Å². The van der Waals surface area contributed by atoms with E-state index in [0.29, 0.717) is 12.8 Å². The molecule has 88 valence electrons. The first kappa shape index (κ1) is 12.3. The zero-order chi connectivity index (χ0) is 12.8. The normalized spacial score (nSPS) is 11.6. The summed E-state index contributed by atoms with van der Waals surface area (Å²) in [7, 11) is 0.574. The third kappa shape index (κ3) is 2.76. The van der Waals surface area contributed by atoms with Gasteiger partial charge in [0.15, 0.2) is 7.28 Å². The summed E-state index contributed by atoms with van der Waals surface area (Å²) in [6, 6.07) is 15.4. The van der Waals surface area contributed by atoms with Gasteiger partial charge >= 0.3 is 0 Å². The summed E-state index contributed by atoms with van der Waals surface area (Å²) in [5, 5.41) is 18.5. The van der Waals surface area contributed by atoms with Crippen molar-refractivity contribution in [1.29, 1.82) is 5.26 Å². The second-order valence-corrected chi connectivity index (χ2v) is 4.10. The maximum absolute atomic E-state index is 9.49. The van der Waals surface area contributed by atoms with Crippen molar-refractivity contribution >= 4 is 12.9 Å². The molecule has 0 aliphatic carbocycles. The van der Waals surface area contributed by atoms with Crippen molar-refractivity contribution in [2.75, 3.05) is 6.61 Å². The van der Waals surface area contributed by atoms with Crippen molar-refractivity contribution in [2.24, 2.45) is 0 Å². The summed E-state index contributed by atoms with van der Waals surface area (Å²) in [4.78, 5) is 4.23. The van der Waals surface area contributed by atoms with Crippen LogP contribution in [0.3, 0.4) is 0 Å². The molecule has 1 aromatic heterocycles. The van der Waals surface area contributed by atoms with Crippen LogP contribution in [0.1, 0.15) is 16.9 Å². The number of pyridine rings is 1. The molecule has 0 fully saturated rings. The fraction of sp³-hybridized carbons (Fsp3) is 0.143. The van der Waals surface area contributed by atoms with E-state index in [1.165, 1.54) is 0 Å². The zero-order valence-electron chi connectivity index (χ0n) is 9.95. The number of aromatic nitrogens is 1. The van der Waals surface area contributed by atoms with Crippen LogP contribution in [0.4, 0.5) is 0 Å². The summed E-state index contributed by atoms with van der Waals surface area (Å²) in [5.74, 6) is -0.0202. The first-order valence-electron chi connectivity index (χ1n) is 5.85. The lowest BCUT2D eigenvalue weighted by Gasteiger charge is -2.13. The van der Waals surface area contributed by atoms with Crippen LogP contribution in [0.5, 0.6) is 0 Å². The van der Waals surface area contributed by atoms with E-state index in [2.05, 4.69) is 11.1 Å². The van der Waals surface area contributed by atoms with Crippen LogP contribution in [0.15, 0.2) is 48.7 Å². The molecule has 18 heavy (non-hydrogen) atoms. The van der Waals surface area contributed by atoms with Gasteiger partial charge in [-0.05, 0) is 23.5 Å². The number of benzene rings is 1. The molecule has 4 heteroatoms. The van der Waals surface area contributed by atoms with Crippen LogP contribution in [0, 0.1) is 11.3 Å². The Kier molecular flexibility index (Phi) is 4.11. The Morgan fingerprint density at radius 2 is 2.00 bits per heavy atom. The summed E-state index contributed by atoms with van der Waals surface area (Å²) in [6.07, 6.45) is 1.68. The smallest absolute Gasteiger partial charge is 0.194 e. The highest BCUT2D eigenvalue weighted by atomic mass is 16.3. The molecule has 1 aromatic carbocycles. The number of hydrogen-bond acceptors (Lipinski definition) is 3. The van der Waals surface area contributed by atoms with Gasteiger partial charge in [-0.25, -0.2) is 0 Å². The lowest BCUT2D eigenvalue weighted by molar-refractivity contribution is 0.293. The predicted octanol–water partition coefficient (Wildman–Crippen LogP) is 0.749. The molecule has 1 atom stereocenters. The maximum atomic E-state index is 9.49. The van der Waals surface area contributed by atoms with Crippen molar-refractivity contribution in [3.63, 3.8) is 0 Å². The Labute approximate surface area is 107 Å². The average Bonchev–Trinajstić information content (AvgIpc) is 2.46. The fourth-order valence-electron chi connectivity index (χ4n) is 1.95. The standard InChI is InChI=1S/C14H13BN2O/c16-9-12-7-4-8-17-14(12)15-13(10-18)11-5-2-1-3-6-11/h1-8,13,15,18H,10H2. The minimum Gasteiger partial charge on any atom is -0.396 e. The highest BCUT2D eigenvalue weighted by Crippen LogP contribution is 2.13. The van der Waals surface area contributed by atoms with Crippen LogP contribution in [0.25, 0.3) is 0 Å². The molecule has 0 bridgehead atoms. The van der Waals surface area contributed by atoms with E-state index in [1.807, 2.05) is 30.3 Å². The Bertz CT molecular complexity index is 551. The van der Waals surface area contributed by atoms with Gasteiger partial charge in [0, 0.05) is 18.4 Å². The van der Waals surface area contributed by atoms with Crippen molar-refractivity contribution in [3.8, 4) is 6.07 Å². The number of rotatable bonds is 4. The minimum absolute atomic E-state index is 0.0202. The van der Waals surface area contributed by atoms with Crippen LogP contribution < -0.4 is 5.59 Å². The molecule has 0 spiro atoms. The average molecular weight is 236 g/mol. The highest BCUT2D eigenvalue weighted by Gasteiger charge is 2.16. The molecule has 0 saturated heterocycles. The molecule has 2 aromatic rings. The van der Waals surface area contributed by atoms with E-state index in [9.17, 15) is 5.11 Å². The Balaban J connectivity index is 2.24. The molecule has 3 nitrogen and oxygen atoms in total. The topological polar surface area (TPSA) is 56.9 Å². The number of nitriles is 1. The van der Waals surface area contributed by atoms with Crippen LogP contribution in [-0.2, 0) is 0 Å². The molecule has 0 saturated carbocycles. The van der Waals surface area contributed by atoms with Gasteiger partial charge in [-0.3, -0.25) is 4.98 Å². The van der Waals surface area contributed by atoms with E-state index in [4.69, 9.17) is 5.26 Å². The molecule has 0 radical (unpaired) electrons. The largest absolute Gasteiger partial charge is 0.396 e. The zero-order valence-corrected chi connectivity index (χ0v) is 9.95. The van der Waals surface area contributed by atoms with E-state index in [1.54, 1.807) is 18.3 Å². The number of nitrogens with zero attached hydrogens (tertiary/aromatic N) is 2. The van der Waals surface area contributed by atoms with Crippen LogP contribution >= 0.6 is 0 Å². The molecule has 1 N–H and O–H groups in total. The van der Waals surface area contributed by atoms with E-state index in [-0.39, 0.29) is 12.4 Å². The van der Waals surface area contributed by atoms with Gasteiger partial charge in [0.05, 0.1) is 5.56 Å². The van der Waals surface area contributed by atoms with E-state index >= 15 is 0 Å². The van der Waals surface area contributed by atoms with E-state index < -0.39 is 0 Å². The van der Waals surface area contributed by atoms with Gasteiger partial charge in [-0.15, -0.1) is 0 Å². The van der Waals surface area contributed by atoms with Crippen molar-refractivity contribution < 1.29 is 5.11 Å². The van der Waals surface area contributed by atoms with Gasteiger partial charge in [-0.1, -0.05) is 30.3 Å². The maximum Gasteiger partial charge on any atom is 0.194 e. The van der Waals surface area contributed by atoms with Crippen molar-refractivity contribution in [3.05, 3.63) is 59.8 Å². The molecule has 0 aliphatic heterocycles. The molecule has 0 amide bonds. The van der Waals surface area contributed by atoms with Crippen LogP contribution in [0.2, 0.25) is 0 Å². The summed E-state index contributed by atoms with van der Waals surface area (Å²) in [6.45, 7) is 0.0471. The molecule has 1 heterocycles. The van der Waals surface area contributed by atoms with Crippen molar-refractivity contribution in [1.82, 2.24) is 4.98 Å². The number of aliphatic hydroxyl groups excluding tert-OH is 1. The lowest BCUT2D eigenvalue weighted by atomic mass is 9.58. The molecule has 1 unspecified atom stereocenters. The monoisotopic (exact) mass is 236 g/mol. The first-order chi connectivity index (χ1) is 8.85. The molecular formula is C14H13BN2O. The van der Waals surface area contributed by atoms with Gasteiger partial charge < -0.3 is 5.11 Å². The summed E-state index contributed by atoms with van der Waals surface area (Å²) < 4.78 is 0. The molecule has 0 aliphatic rings. The number of aliphatic hydroxyl groups is 1. The Hall–Kier alpha value is -2.12. The highest BCUT2D eigenvalue weighted by molar-refractivity contribution is 6.54. The van der Waals surface area contributed by atoms with Gasteiger partial charge in [-0.2, -0.15) is 5.26 Å². The lowest BCUT2D eigenvalue weighted by Crippen LogP contribution is -2.29. The minimum atomic E-state index is -0.0202. The van der Waals surface area contributed by atoms with Gasteiger partial charge in [0.2, 0.25) is 0 Å². The molecule has 2 rings (SSSR count). The summed E-state index contributed by atoms with van der Waals surface area (Å²) >= 11 is 0. The second-order valence-electron chi connectivity index (χ2n) is 4.10. The van der Waals surface area contributed by atoms with E-state index in [0.717, 1.165) is 11.2 Å². The Morgan fingerprint density at radius 1 is 1.22 bits per heavy atom. The predicted molar refractivity (Wildman–Crippen MR) is 72.0 cm³/mol. The second kappa shape index (κ2) is 5.99. The third-order valence-corrected chi connectivity index (χ3v) is 2.94. The number of hydrogen-bond donors (Lipinski definition) is 1. The fourth-order valence-corrected chi connectivity index (χ4v) is 1.95. The third-order valence-electron chi connectivity index (χ3n) is 2.94.